The topological polar surface area (TPSA) is 113 Å². The van der Waals surface area contributed by atoms with Crippen LogP contribution in [0.2, 0.25) is 0 Å². The molecule has 2 aromatic carbocycles. The number of aryl methyl sites for hydroxylation is 2. The second kappa shape index (κ2) is 8.01. The zero-order valence-electron chi connectivity index (χ0n) is 14.4. The van der Waals surface area contributed by atoms with Crippen LogP contribution in [0.5, 0.6) is 0 Å². The average molecular weight is 376 g/mol. The quantitative estimate of drug-likeness (QED) is 0.688. The smallest absolute Gasteiger partial charge is 0.303 e. The first-order valence-corrected chi connectivity index (χ1v) is 9.37. The standard InChI is InChI=1S/C18H20N2O5S/c1-12-3-8-16(13(2)11-12)20-26(24,25)15-6-4-14(5-7-15)19-17(21)9-10-18(22)23/h3-8,11,20H,9-10H2,1-2H3,(H,19,21)(H,22,23). The fourth-order valence-electron chi connectivity index (χ4n) is 2.29. The molecule has 0 fully saturated rings. The number of aliphatic carboxylic acids is 1. The van der Waals surface area contributed by atoms with Crippen molar-refractivity contribution in [3.63, 3.8) is 0 Å². The molecule has 0 aliphatic rings. The van der Waals surface area contributed by atoms with E-state index in [2.05, 4.69) is 10.0 Å². The zero-order valence-corrected chi connectivity index (χ0v) is 15.3. The van der Waals surface area contributed by atoms with Crippen LogP contribution in [0.15, 0.2) is 47.4 Å². The third-order valence-electron chi connectivity index (χ3n) is 3.64. The molecule has 0 unspecified atom stereocenters. The predicted molar refractivity (Wildman–Crippen MR) is 98.7 cm³/mol. The normalized spacial score (nSPS) is 11.0. The maximum atomic E-state index is 12.5. The summed E-state index contributed by atoms with van der Waals surface area (Å²) in [6.45, 7) is 3.75. The molecular formula is C18H20N2O5S. The van der Waals surface area contributed by atoms with Crippen LogP contribution in [0.1, 0.15) is 24.0 Å². The number of carboxylic acids is 1. The summed E-state index contributed by atoms with van der Waals surface area (Å²) >= 11 is 0. The van der Waals surface area contributed by atoms with E-state index in [4.69, 9.17) is 5.11 Å². The van der Waals surface area contributed by atoms with Gasteiger partial charge in [-0.15, -0.1) is 0 Å². The van der Waals surface area contributed by atoms with Crippen LogP contribution in [-0.2, 0) is 19.6 Å². The average Bonchev–Trinajstić information content (AvgIpc) is 2.56. The molecule has 0 aliphatic carbocycles. The molecule has 3 N–H and O–H groups in total. The first-order valence-electron chi connectivity index (χ1n) is 7.89. The first-order chi connectivity index (χ1) is 12.2. The summed E-state index contributed by atoms with van der Waals surface area (Å²) in [6.07, 6.45) is -0.415. The zero-order chi connectivity index (χ0) is 19.3. The van der Waals surface area contributed by atoms with Gasteiger partial charge in [0.25, 0.3) is 10.0 Å². The number of carboxylic acid groups (broad SMARTS) is 1. The van der Waals surface area contributed by atoms with E-state index in [0.717, 1.165) is 11.1 Å². The highest BCUT2D eigenvalue weighted by Gasteiger charge is 2.15. The van der Waals surface area contributed by atoms with Gasteiger partial charge < -0.3 is 10.4 Å². The molecule has 0 radical (unpaired) electrons. The molecule has 0 atom stereocenters. The fraction of sp³-hybridized carbons (Fsp3) is 0.222. The fourth-order valence-corrected chi connectivity index (χ4v) is 3.42. The highest BCUT2D eigenvalue weighted by molar-refractivity contribution is 7.92. The molecule has 1 amide bonds. The summed E-state index contributed by atoms with van der Waals surface area (Å²) in [6, 6.07) is 11.1. The van der Waals surface area contributed by atoms with Crippen LogP contribution in [0.3, 0.4) is 0 Å². The first kappa shape index (κ1) is 19.5. The van der Waals surface area contributed by atoms with Crippen LogP contribution in [0, 0.1) is 13.8 Å². The number of hydrogen-bond acceptors (Lipinski definition) is 4. The van der Waals surface area contributed by atoms with Gasteiger partial charge in [0.1, 0.15) is 0 Å². The summed E-state index contributed by atoms with van der Waals surface area (Å²) in [5.41, 5.74) is 2.75. The Bertz CT molecular complexity index is 921. The number of carbonyl (C=O) groups is 2. The number of anilines is 2. The third-order valence-corrected chi connectivity index (χ3v) is 5.02. The van der Waals surface area contributed by atoms with E-state index in [9.17, 15) is 18.0 Å². The molecule has 0 saturated carbocycles. The molecule has 26 heavy (non-hydrogen) atoms. The Balaban J connectivity index is 2.08. The molecule has 0 saturated heterocycles. The third kappa shape index (κ3) is 5.32. The molecule has 138 valence electrons. The van der Waals surface area contributed by atoms with Gasteiger partial charge in [-0.1, -0.05) is 17.7 Å². The number of carbonyl (C=O) groups excluding carboxylic acids is 1. The molecule has 2 rings (SSSR count). The summed E-state index contributed by atoms with van der Waals surface area (Å²) in [5, 5.41) is 11.1. The van der Waals surface area contributed by atoms with Crippen molar-refractivity contribution in [3.8, 4) is 0 Å². The largest absolute Gasteiger partial charge is 0.481 e. The minimum atomic E-state index is -3.76. The van der Waals surface area contributed by atoms with Crippen molar-refractivity contribution in [1.29, 1.82) is 0 Å². The molecule has 0 bridgehead atoms. The van der Waals surface area contributed by atoms with Crippen molar-refractivity contribution in [1.82, 2.24) is 0 Å². The van der Waals surface area contributed by atoms with Gasteiger partial charge in [0.15, 0.2) is 0 Å². The van der Waals surface area contributed by atoms with Gasteiger partial charge in [-0.05, 0) is 49.7 Å². The molecule has 7 nitrogen and oxygen atoms in total. The monoisotopic (exact) mass is 376 g/mol. The highest BCUT2D eigenvalue weighted by atomic mass is 32.2. The molecule has 0 aromatic heterocycles. The van der Waals surface area contributed by atoms with Crippen LogP contribution in [0.4, 0.5) is 11.4 Å². The van der Waals surface area contributed by atoms with E-state index in [-0.39, 0.29) is 17.7 Å². The number of rotatable bonds is 7. The van der Waals surface area contributed by atoms with E-state index in [1.807, 2.05) is 26.0 Å². The van der Waals surface area contributed by atoms with Gasteiger partial charge in [0.2, 0.25) is 5.91 Å². The molecular weight excluding hydrogens is 356 g/mol. The molecule has 0 spiro atoms. The lowest BCUT2D eigenvalue weighted by Gasteiger charge is -2.12. The van der Waals surface area contributed by atoms with E-state index in [1.54, 1.807) is 6.07 Å². The SMILES string of the molecule is Cc1ccc(NS(=O)(=O)c2ccc(NC(=O)CCC(=O)O)cc2)c(C)c1. The van der Waals surface area contributed by atoms with Gasteiger partial charge in [-0.25, -0.2) is 8.42 Å². The minimum Gasteiger partial charge on any atom is -0.481 e. The van der Waals surface area contributed by atoms with Gasteiger partial charge in [-0.3, -0.25) is 14.3 Å². The van der Waals surface area contributed by atoms with E-state index in [0.29, 0.717) is 11.4 Å². The van der Waals surface area contributed by atoms with Gasteiger partial charge in [0, 0.05) is 12.1 Å². The lowest BCUT2D eigenvalue weighted by Crippen LogP contribution is -2.15. The van der Waals surface area contributed by atoms with Crippen LogP contribution in [0.25, 0.3) is 0 Å². The Labute approximate surface area is 152 Å². The molecule has 2 aromatic rings. The second-order valence-corrected chi connectivity index (χ2v) is 7.57. The Morgan fingerprint density at radius 3 is 2.23 bits per heavy atom. The van der Waals surface area contributed by atoms with Gasteiger partial charge in [-0.2, -0.15) is 0 Å². The van der Waals surface area contributed by atoms with Gasteiger partial charge in [0.05, 0.1) is 17.0 Å². The summed E-state index contributed by atoms with van der Waals surface area (Å²) in [7, 11) is -3.76. The number of amides is 1. The molecule has 8 heteroatoms. The van der Waals surface area contributed by atoms with Crippen LogP contribution < -0.4 is 10.0 Å². The Morgan fingerprint density at radius 2 is 1.65 bits per heavy atom. The van der Waals surface area contributed by atoms with E-state index >= 15 is 0 Å². The van der Waals surface area contributed by atoms with Crippen molar-refractivity contribution >= 4 is 33.3 Å². The Kier molecular flexibility index (Phi) is 5.99. The lowest BCUT2D eigenvalue weighted by molar-refractivity contribution is -0.138. The highest BCUT2D eigenvalue weighted by Crippen LogP contribution is 2.21. The van der Waals surface area contributed by atoms with E-state index < -0.39 is 21.9 Å². The lowest BCUT2D eigenvalue weighted by atomic mass is 10.1. The predicted octanol–water partition coefficient (Wildman–Crippen LogP) is 2.91. The Hall–Kier alpha value is -2.87. The maximum Gasteiger partial charge on any atom is 0.303 e. The summed E-state index contributed by atoms with van der Waals surface area (Å²) in [5.74, 6) is -1.50. The van der Waals surface area contributed by atoms with Crippen molar-refractivity contribution in [2.75, 3.05) is 10.0 Å². The van der Waals surface area contributed by atoms with Crippen molar-refractivity contribution < 1.29 is 23.1 Å². The minimum absolute atomic E-state index is 0.0565. The number of benzene rings is 2. The van der Waals surface area contributed by atoms with Gasteiger partial charge >= 0.3 is 5.97 Å². The van der Waals surface area contributed by atoms with Crippen LogP contribution >= 0.6 is 0 Å². The molecule has 0 heterocycles. The summed E-state index contributed by atoms with van der Waals surface area (Å²) < 4.78 is 27.5. The second-order valence-electron chi connectivity index (χ2n) is 5.89. The van der Waals surface area contributed by atoms with Crippen molar-refractivity contribution in [3.05, 3.63) is 53.6 Å². The van der Waals surface area contributed by atoms with Crippen molar-refractivity contribution in [2.45, 2.75) is 31.6 Å². The van der Waals surface area contributed by atoms with Crippen molar-refractivity contribution in [2.24, 2.45) is 0 Å². The summed E-state index contributed by atoms with van der Waals surface area (Å²) in [4.78, 5) is 22.1. The number of sulfonamides is 1. The van der Waals surface area contributed by atoms with Crippen LogP contribution in [-0.4, -0.2) is 25.4 Å². The number of hydrogen-bond donors (Lipinski definition) is 3. The number of nitrogens with one attached hydrogen (secondary N) is 2. The van der Waals surface area contributed by atoms with E-state index in [1.165, 1.54) is 24.3 Å². The Morgan fingerprint density at radius 1 is 1.00 bits per heavy atom. The maximum absolute atomic E-state index is 12.5. The molecule has 0 aliphatic heterocycles.